The maximum Gasteiger partial charge on any atom is 0.278 e. The molecule has 0 atom stereocenters. The molecule has 6 heteroatoms. The molecule has 16 heavy (non-hydrogen) atoms. The Morgan fingerprint density at radius 2 is 2.19 bits per heavy atom. The lowest BCUT2D eigenvalue weighted by atomic mass is 10.1. The van der Waals surface area contributed by atoms with Crippen molar-refractivity contribution in [3.05, 3.63) is 28.3 Å². The highest BCUT2D eigenvalue weighted by Crippen LogP contribution is 2.09. The molecule has 0 radical (unpaired) electrons. The Bertz CT molecular complexity index is 595. The number of allylic oxidation sites excluding steroid dienone is 1. The van der Waals surface area contributed by atoms with E-state index in [1.54, 1.807) is 0 Å². The normalized spacial score (nSPS) is 10.8. The van der Waals surface area contributed by atoms with Crippen LogP contribution in [0.25, 0.3) is 11.2 Å². The molecule has 0 aliphatic rings. The third-order valence-corrected chi connectivity index (χ3v) is 2.35. The minimum atomic E-state index is -0.302. The molecule has 84 valence electrons. The number of fused-ring (bicyclic) bond motifs is 1. The molecule has 2 rings (SSSR count). The number of aromatic nitrogens is 4. The number of hydrogen-bond donors (Lipinski definition) is 3. The van der Waals surface area contributed by atoms with Crippen molar-refractivity contribution in [1.29, 1.82) is 0 Å². The standard InChI is InChI=1S/C10H13N5O/c1-3-5(2)4-6-12-7-8(13-6)14-10(11)15-9(7)16/h2-4H2,1H3,(H4,11,12,13,14,15,16). The second kappa shape index (κ2) is 3.80. The van der Waals surface area contributed by atoms with Gasteiger partial charge in [-0.05, 0) is 6.42 Å². The van der Waals surface area contributed by atoms with Crippen molar-refractivity contribution in [2.45, 2.75) is 19.8 Å². The van der Waals surface area contributed by atoms with Gasteiger partial charge in [0.2, 0.25) is 5.95 Å². The van der Waals surface area contributed by atoms with Crippen LogP contribution in [0.4, 0.5) is 5.95 Å². The Morgan fingerprint density at radius 1 is 1.44 bits per heavy atom. The van der Waals surface area contributed by atoms with Gasteiger partial charge in [0, 0.05) is 6.42 Å². The summed E-state index contributed by atoms with van der Waals surface area (Å²) in [6, 6.07) is 0. The zero-order chi connectivity index (χ0) is 11.7. The van der Waals surface area contributed by atoms with E-state index in [-0.39, 0.29) is 11.5 Å². The minimum absolute atomic E-state index is 0.0740. The quantitative estimate of drug-likeness (QED) is 0.662. The predicted molar refractivity (Wildman–Crippen MR) is 62.1 cm³/mol. The zero-order valence-corrected chi connectivity index (χ0v) is 9.00. The smallest absolute Gasteiger partial charge is 0.278 e. The van der Waals surface area contributed by atoms with Crippen LogP contribution in [0.15, 0.2) is 16.9 Å². The van der Waals surface area contributed by atoms with Gasteiger partial charge in [0.1, 0.15) is 5.82 Å². The van der Waals surface area contributed by atoms with Crippen molar-refractivity contribution < 1.29 is 0 Å². The predicted octanol–water partition coefficient (Wildman–Crippen LogP) is 0.737. The molecule has 0 amide bonds. The van der Waals surface area contributed by atoms with Gasteiger partial charge in [-0.1, -0.05) is 19.1 Å². The Balaban J connectivity index is 2.48. The van der Waals surface area contributed by atoms with Crippen LogP contribution in [0.5, 0.6) is 0 Å². The third kappa shape index (κ3) is 1.81. The third-order valence-electron chi connectivity index (χ3n) is 2.35. The van der Waals surface area contributed by atoms with Gasteiger partial charge in [0.15, 0.2) is 11.2 Å². The summed E-state index contributed by atoms with van der Waals surface area (Å²) >= 11 is 0. The lowest BCUT2D eigenvalue weighted by molar-refractivity contribution is 0.948. The van der Waals surface area contributed by atoms with Crippen molar-refractivity contribution in [3.8, 4) is 0 Å². The molecule has 0 aliphatic carbocycles. The monoisotopic (exact) mass is 219 g/mol. The highest BCUT2D eigenvalue weighted by Gasteiger charge is 2.08. The summed E-state index contributed by atoms with van der Waals surface area (Å²) in [7, 11) is 0. The molecule has 0 unspecified atom stereocenters. The van der Waals surface area contributed by atoms with Gasteiger partial charge in [-0.3, -0.25) is 9.78 Å². The highest BCUT2D eigenvalue weighted by atomic mass is 16.1. The zero-order valence-electron chi connectivity index (χ0n) is 9.00. The minimum Gasteiger partial charge on any atom is -0.369 e. The van der Waals surface area contributed by atoms with Crippen LogP contribution in [-0.4, -0.2) is 19.9 Å². The Labute approximate surface area is 91.6 Å². The second-order valence-corrected chi connectivity index (χ2v) is 3.61. The summed E-state index contributed by atoms with van der Waals surface area (Å²) in [5.41, 5.74) is 6.87. The van der Waals surface area contributed by atoms with Crippen molar-refractivity contribution in [2.75, 3.05) is 5.73 Å². The number of imidazole rings is 1. The lowest BCUT2D eigenvalue weighted by Crippen LogP contribution is -2.10. The van der Waals surface area contributed by atoms with Crippen LogP contribution in [0.1, 0.15) is 19.2 Å². The van der Waals surface area contributed by atoms with Gasteiger partial charge in [-0.2, -0.15) is 4.98 Å². The fourth-order valence-electron chi connectivity index (χ4n) is 1.42. The van der Waals surface area contributed by atoms with Crippen LogP contribution in [0, 0.1) is 0 Å². The molecule has 2 heterocycles. The number of nitrogens with one attached hydrogen (secondary N) is 2. The SMILES string of the molecule is C=C(CC)Cc1nc2nc(N)[nH]c(=O)c2[nH]1. The summed E-state index contributed by atoms with van der Waals surface area (Å²) in [5, 5.41) is 0. The van der Waals surface area contributed by atoms with Gasteiger partial charge < -0.3 is 10.7 Å². The fraction of sp³-hybridized carbons (Fsp3) is 0.300. The van der Waals surface area contributed by atoms with E-state index in [2.05, 4.69) is 26.5 Å². The van der Waals surface area contributed by atoms with Crippen LogP contribution in [0.3, 0.4) is 0 Å². The van der Waals surface area contributed by atoms with Gasteiger partial charge in [-0.25, -0.2) is 4.98 Å². The summed E-state index contributed by atoms with van der Waals surface area (Å²) in [5.74, 6) is 0.760. The number of hydrogen-bond acceptors (Lipinski definition) is 4. The fourth-order valence-corrected chi connectivity index (χ4v) is 1.42. The molecule has 0 fully saturated rings. The van der Waals surface area contributed by atoms with Crippen molar-refractivity contribution in [2.24, 2.45) is 0 Å². The lowest BCUT2D eigenvalue weighted by Gasteiger charge is -1.96. The van der Waals surface area contributed by atoms with Crippen molar-refractivity contribution in [1.82, 2.24) is 19.9 Å². The topological polar surface area (TPSA) is 100 Å². The van der Waals surface area contributed by atoms with Crippen molar-refractivity contribution >= 4 is 17.1 Å². The van der Waals surface area contributed by atoms with Gasteiger partial charge in [0.05, 0.1) is 0 Å². The maximum absolute atomic E-state index is 11.5. The van der Waals surface area contributed by atoms with Gasteiger partial charge in [0.25, 0.3) is 5.56 Å². The number of nitrogens with two attached hydrogens (primary N) is 1. The molecule has 2 aromatic rings. The molecule has 0 spiro atoms. The number of H-pyrrole nitrogens is 2. The molecule has 0 bridgehead atoms. The molecule has 0 saturated heterocycles. The first kappa shape index (κ1) is 10.4. The van der Waals surface area contributed by atoms with E-state index in [0.717, 1.165) is 12.0 Å². The Hall–Kier alpha value is -2.11. The van der Waals surface area contributed by atoms with Crippen LogP contribution in [-0.2, 0) is 6.42 Å². The Morgan fingerprint density at radius 3 is 2.88 bits per heavy atom. The first-order chi connectivity index (χ1) is 7.60. The van der Waals surface area contributed by atoms with Crippen molar-refractivity contribution in [3.63, 3.8) is 0 Å². The summed E-state index contributed by atoms with van der Waals surface area (Å²) < 4.78 is 0. The average molecular weight is 219 g/mol. The van der Waals surface area contributed by atoms with Crippen LogP contribution < -0.4 is 11.3 Å². The number of rotatable bonds is 3. The molecule has 4 N–H and O–H groups in total. The average Bonchev–Trinajstić information content (AvgIpc) is 2.60. The molecule has 0 saturated carbocycles. The summed E-state index contributed by atoms with van der Waals surface area (Å²) in [4.78, 5) is 25.0. The van der Waals surface area contributed by atoms with E-state index in [1.165, 1.54) is 0 Å². The first-order valence-electron chi connectivity index (χ1n) is 5.01. The summed E-state index contributed by atoms with van der Waals surface area (Å²) in [6.07, 6.45) is 1.50. The molecule has 6 nitrogen and oxygen atoms in total. The molecular weight excluding hydrogens is 206 g/mol. The number of nitrogens with zero attached hydrogens (tertiary/aromatic N) is 2. The number of anilines is 1. The van der Waals surface area contributed by atoms with E-state index < -0.39 is 0 Å². The van der Waals surface area contributed by atoms with Crippen LogP contribution >= 0.6 is 0 Å². The van der Waals surface area contributed by atoms with E-state index in [1.807, 2.05) is 6.92 Å². The van der Waals surface area contributed by atoms with Gasteiger partial charge >= 0.3 is 0 Å². The van der Waals surface area contributed by atoms with E-state index in [4.69, 9.17) is 5.73 Å². The van der Waals surface area contributed by atoms with Gasteiger partial charge in [-0.15, -0.1) is 0 Å². The number of aromatic amines is 2. The maximum atomic E-state index is 11.5. The van der Waals surface area contributed by atoms with E-state index >= 15 is 0 Å². The van der Waals surface area contributed by atoms with E-state index in [9.17, 15) is 4.79 Å². The van der Waals surface area contributed by atoms with E-state index in [0.29, 0.717) is 23.4 Å². The number of nitrogen functional groups attached to an aromatic ring is 1. The summed E-state index contributed by atoms with van der Waals surface area (Å²) in [6.45, 7) is 5.91. The molecular formula is C10H13N5O. The largest absolute Gasteiger partial charge is 0.369 e. The molecule has 0 aliphatic heterocycles. The molecule has 0 aromatic carbocycles. The second-order valence-electron chi connectivity index (χ2n) is 3.61. The highest BCUT2D eigenvalue weighted by molar-refractivity contribution is 5.70. The molecule has 2 aromatic heterocycles. The Kier molecular flexibility index (Phi) is 2.47. The van der Waals surface area contributed by atoms with Crippen LogP contribution in [0.2, 0.25) is 0 Å². The first-order valence-corrected chi connectivity index (χ1v) is 5.01.